The van der Waals surface area contributed by atoms with Gasteiger partial charge in [0.1, 0.15) is 0 Å². The van der Waals surface area contributed by atoms with Gasteiger partial charge in [-0.2, -0.15) is 0 Å². The van der Waals surface area contributed by atoms with Crippen LogP contribution in [0.25, 0.3) is 0 Å². The van der Waals surface area contributed by atoms with Gasteiger partial charge in [0.05, 0.1) is 0 Å². The van der Waals surface area contributed by atoms with Crippen molar-refractivity contribution < 1.29 is 9.59 Å². The molecule has 5 aliphatic rings. The van der Waals surface area contributed by atoms with E-state index in [1.54, 1.807) is 0 Å². The molecule has 0 aliphatic heterocycles. The first kappa shape index (κ1) is 16.4. The molecule has 5 rings (SSSR count). The van der Waals surface area contributed by atoms with E-state index in [0.717, 1.165) is 37.0 Å². The number of hydrogen-bond acceptors (Lipinski definition) is 2. The maximum Gasteiger partial charge on any atom is 0.266 e. The van der Waals surface area contributed by atoms with Crippen molar-refractivity contribution in [1.29, 1.82) is 0 Å². The summed E-state index contributed by atoms with van der Waals surface area (Å²) in [6.45, 7) is 0. The van der Waals surface area contributed by atoms with Gasteiger partial charge in [0.25, 0.3) is 5.91 Å². The molecule has 0 aromatic rings. The molecule has 5 heteroatoms. The average molecular weight is 351 g/mol. The summed E-state index contributed by atoms with van der Waals surface area (Å²) in [7, 11) is 0. The first-order valence-electron chi connectivity index (χ1n) is 9.50. The molecule has 2 N–H and O–H groups in total. The standard InChI is InChI=1S/C19H27ClN2O2/c20-16-4-2-1-3-15(16)18(24)22-21-17(23)11-19-8-12-5-13(9-19)7-14(6-12)10-19/h12-14H,1-11H2,(H,21,23)(H,22,24). The van der Waals surface area contributed by atoms with Gasteiger partial charge in [-0.25, -0.2) is 0 Å². The quantitative estimate of drug-likeness (QED) is 0.760. The number of allylic oxidation sites excluding steroid dienone is 1. The number of nitrogens with one attached hydrogen (secondary N) is 2. The van der Waals surface area contributed by atoms with Crippen molar-refractivity contribution in [2.45, 2.75) is 70.6 Å². The SMILES string of the molecule is O=C(CC12CC3CC(CC(C3)C1)C2)NNC(=O)C1=C(Cl)CCCC1. The second-order valence-electron chi connectivity index (χ2n) is 8.69. The largest absolute Gasteiger partial charge is 0.273 e. The summed E-state index contributed by atoms with van der Waals surface area (Å²) in [4.78, 5) is 24.6. The van der Waals surface area contributed by atoms with E-state index in [1.165, 1.54) is 38.5 Å². The van der Waals surface area contributed by atoms with Crippen LogP contribution in [0.15, 0.2) is 10.6 Å². The lowest BCUT2D eigenvalue weighted by Gasteiger charge is -2.56. The number of halogens is 1. The van der Waals surface area contributed by atoms with Gasteiger partial charge < -0.3 is 0 Å². The highest BCUT2D eigenvalue weighted by molar-refractivity contribution is 6.32. The molecule has 0 unspecified atom stereocenters. The van der Waals surface area contributed by atoms with Gasteiger partial charge in [0, 0.05) is 17.0 Å². The zero-order valence-corrected chi connectivity index (χ0v) is 15.0. The Kier molecular flexibility index (Phi) is 4.36. The lowest BCUT2D eigenvalue weighted by molar-refractivity contribution is -0.133. The van der Waals surface area contributed by atoms with Crippen LogP contribution in [0.3, 0.4) is 0 Å². The number of hydrazine groups is 1. The maximum absolute atomic E-state index is 12.4. The molecule has 0 radical (unpaired) electrons. The van der Waals surface area contributed by atoms with Crippen molar-refractivity contribution in [3.63, 3.8) is 0 Å². The molecule has 0 heterocycles. The van der Waals surface area contributed by atoms with E-state index in [4.69, 9.17) is 11.6 Å². The number of rotatable bonds is 3. The summed E-state index contributed by atoms with van der Waals surface area (Å²) in [5.74, 6) is 2.23. The van der Waals surface area contributed by atoms with Crippen molar-refractivity contribution in [2.75, 3.05) is 0 Å². The second-order valence-corrected chi connectivity index (χ2v) is 9.14. The molecule has 0 saturated heterocycles. The van der Waals surface area contributed by atoms with Gasteiger partial charge in [-0.05, 0) is 87.4 Å². The highest BCUT2D eigenvalue weighted by Gasteiger charge is 2.51. The number of carbonyl (C=O) groups is 2. The molecular weight excluding hydrogens is 324 g/mol. The highest BCUT2D eigenvalue weighted by atomic mass is 35.5. The van der Waals surface area contributed by atoms with Crippen LogP contribution >= 0.6 is 11.6 Å². The Bertz CT molecular complexity index is 549. The summed E-state index contributed by atoms with van der Waals surface area (Å²) in [6.07, 6.45) is 11.8. The molecule has 4 saturated carbocycles. The lowest BCUT2D eigenvalue weighted by atomic mass is 9.49. The fourth-order valence-electron chi connectivity index (χ4n) is 6.20. The smallest absolute Gasteiger partial charge is 0.266 e. The first-order valence-corrected chi connectivity index (χ1v) is 9.87. The zero-order chi connectivity index (χ0) is 16.7. The van der Waals surface area contributed by atoms with Crippen molar-refractivity contribution >= 4 is 23.4 Å². The van der Waals surface area contributed by atoms with E-state index in [1.807, 2.05) is 0 Å². The summed E-state index contributed by atoms with van der Waals surface area (Å²) in [5.41, 5.74) is 6.07. The average Bonchev–Trinajstić information content (AvgIpc) is 2.51. The van der Waals surface area contributed by atoms with Crippen LogP contribution in [0.5, 0.6) is 0 Å². The van der Waals surface area contributed by atoms with Crippen LogP contribution in [-0.2, 0) is 9.59 Å². The predicted molar refractivity (Wildman–Crippen MR) is 92.9 cm³/mol. The normalized spacial score (nSPS) is 37.5. The minimum absolute atomic E-state index is 0.0437. The maximum atomic E-state index is 12.4. The molecule has 5 aliphatic carbocycles. The third-order valence-corrected chi connectivity index (χ3v) is 7.11. The number of hydrogen-bond donors (Lipinski definition) is 2. The van der Waals surface area contributed by atoms with Crippen LogP contribution in [-0.4, -0.2) is 11.8 Å². The van der Waals surface area contributed by atoms with Crippen LogP contribution in [0.4, 0.5) is 0 Å². The summed E-state index contributed by atoms with van der Waals surface area (Å²) in [5, 5.41) is 0.647. The van der Waals surface area contributed by atoms with E-state index in [0.29, 0.717) is 23.4 Å². The predicted octanol–water partition coefficient (Wildman–Crippen LogP) is 3.81. The van der Waals surface area contributed by atoms with Gasteiger partial charge >= 0.3 is 0 Å². The monoisotopic (exact) mass is 350 g/mol. The molecule has 132 valence electrons. The molecule has 4 bridgehead atoms. The van der Waals surface area contributed by atoms with Gasteiger partial charge in [-0.15, -0.1) is 0 Å². The van der Waals surface area contributed by atoms with E-state index < -0.39 is 0 Å². The van der Waals surface area contributed by atoms with E-state index in [9.17, 15) is 9.59 Å². The molecule has 2 amide bonds. The van der Waals surface area contributed by atoms with Gasteiger partial charge in [-0.1, -0.05) is 11.6 Å². The van der Waals surface area contributed by atoms with Crippen LogP contribution in [0.2, 0.25) is 0 Å². The van der Waals surface area contributed by atoms with Crippen molar-refractivity contribution in [1.82, 2.24) is 10.9 Å². The molecule has 4 fully saturated rings. The summed E-state index contributed by atoms with van der Waals surface area (Å²) >= 11 is 6.14. The summed E-state index contributed by atoms with van der Waals surface area (Å²) < 4.78 is 0. The Morgan fingerprint density at radius 2 is 1.54 bits per heavy atom. The van der Waals surface area contributed by atoms with Crippen molar-refractivity contribution in [3.8, 4) is 0 Å². The third kappa shape index (κ3) is 3.22. The first-order chi connectivity index (χ1) is 11.5. The Balaban J connectivity index is 1.32. The molecule has 0 spiro atoms. The third-order valence-electron chi connectivity index (χ3n) is 6.69. The molecule has 0 aromatic heterocycles. The van der Waals surface area contributed by atoms with E-state index in [2.05, 4.69) is 10.9 Å². The molecular formula is C19H27ClN2O2. The molecule has 4 nitrogen and oxygen atoms in total. The van der Waals surface area contributed by atoms with Crippen LogP contribution in [0.1, 0.15) is 70.6 Å². The van der Waals surface area contributed by atoms with Gasteiger partial charge in [-0.3, -0.25) is 20.4 Å². The fourth-order valence-corrected chi connectivity index (χ4v) is 6.51. The molecule has 0 aromatic carbocycles. The summed E-state index contributed by atoms with van der Waals surface area (Å²) in [6, 6.07) is 0. The minimum atomic E-state index is -0.237. The molecule has 24 heavy (non-hydrogen) atoms. The van der Waals surface area contributed by atoms with Gasteiger partial charge in [0.15, 0.2) is 0 Å². The number of amides is 2. The van der Waals surface area contributed by atoms with Crippen LogP contribution < -0.4 is 10.9 Å². The van der Waals surface area contributed by atoms with Crippen LogP contribution in [0, 0.1) is 23.2 Å². The Morgan fingerprint density at radius 1 is 0.958 bits per heavy atom. The highest BCUT2D eigenvalue weighted by Crippen LogP contribution is 2.61. The Labute approximate surface area is 148 Å². The zero-order valence-electron chi connectivity index (χ0n) is 14.2. The van der Waals surface area contributed by atoms with Crippen molar-refractivity contribution in [3.05, 3.63) is 10.6 Å². The van der Waals surface area contributed by atoms with E-state index >= 15 is 0 Å². The second kappa shape index (κ2) is 6.36. The molecule has 0 atom stereocenters. The minimum Gasteiger partial charge on any atom is -0.273 e. The number of carbonyl (C=O) groups excluding carboxylic acids is 2. The van der Waals surface area contributed by atoms with Crippen molar-refractivity contribution in [2.24, 2.45) is 23.2 Å². The fraction of sp³-hybridized carbons (Fsp3) is 0.789. The van der Waals surface area contributed by atoms with Gasteiger partial charge in [0.2, 0.25) is 5.91 Å². The topological polar surface area (TPSA) is 58.2 Å². The Hall–Kier alpha value is -1.03. The lowest BCUT2D eigenvalue weighted by Crippen LogP contribution is -2.50. The van der Waals surface area contributed by atoms with E-state index in [-0.39, 0.29) is 17.2 Å². The Morgan fingerprint density at radius 3 is 2.12 bits per heavy atom.